The minimum absolute atomic E-state index is 0.218. The van der Waals surface area contributed by atoms with E-state index in [9.17, 15) is 4.79 Å². The Morgan fingerprint density at radius 1 is 1.00 bits per heavy atom. The molecule has 0 saturated carbocycles. The smallest absolute Gasteiger partial charge is 0.276 e. The van der Waals surface area contributed by atoms with Crippen molar-refractivity contribution >= 4 is 28.3 Å². The van der Waals surface area contributed by atoms with Crippen molar-refractivity contribution in [3.8, 4) is 17.2 Å². The molecule has 0 bridgehead atoms. The Balaban J connectivity index is 1.61. The summed E-state index contributed by atoms with van der Waals surface area (Å²) in [7, 11) is 0. The van der Waals surface area contributed by atoms with Crippen LogP contribution in [0.2, 0.25) is 0 Å². The molecular formula is C25H22N4O3. The first-order valence-corrected chi connectivity index (χ1v) is 10.3. The van der Waals surface area contributed by atoms with Crippen LogP contribution < -0.4 is 14.4 Å². The Kier molecular flexibility index (Phi) is 4.55. The number of aromatic nitrogens is 3. The van der Waals surface area contributed by atoms with Crippen molar-refractivity contribution in [1.82, 2.24) is 15.0 Å². The van der Waals surface area contributed by atoms with Crippen LogP contribution in [0.3, 0.4) is 0 Å². The van der Waals surface area contributed by atoms with Crippen molar-refractivity contribution in [2.75, 3.05) is 4.90 Å². The topological polar surface area (TPSA) is 77.4 Å². The molecule has 0 saturated heterocycles. The summed E-state index contributed by atoms with van der Waals surface area (Å²) < 4.78 is 12.1. The third kappa shape index (κ3) is 3.32. The van der Waals surface area contributed by atoms with Gasteiger partial charge in [-0.1, -0.05) is 6.07 Å². The molecule has 0 radical (unpaired) electrons. The zero-order valence-corrected chi connectivity index (χ0v) is 18.3. The number of pyridine rings is 1. The summed E-state index contributed by atoms with van der Waals surface area (Å²) in [6, 6.07) is 15.0. The van der Waals surface area contributed by atoms with Crippen molar-refractivity contribution in [3.05, 3.63) is 72.3 Å². The van der Waals surface area contributed by atoms with Crippen molar-refractivity contribution < 1.29 is 14.3 Å². The van der Waals surface area contributed by atoms with Crippen molar-refractivity contribution in [2.45, 2.75) is 33.3 Å². The number of rotatable bonds is 3. The minimum atomic E-state index is -1.09. The maximum atomic E-state index is 13.6. The van der Waals surface area contributed by atoms with Gasteiger partial charge in [0.05, 0.1) is 22.8 Å². The molecule has 0 atom stereocenters. The number of ether oxygens (including phenoxy) is 2. The molecule has 0 N–H and O–H groups in total. The first-order valence-electron chi connectivity index (χ1n) is 10.3. The molecule has 32 heavy (non-hydrogen) atoms. The van der Waals surface area contributed by atoms with E-state index in [1.807, 2.05) is 62.4 Å². The lowest BCUT2D eigenvalue weighted by Crippen LogP contribution is -2.46. The molecule has 7 nitrogen and oxygen atoms in total. The highest BCUT2D eigenvalue weighted by Crippen LogP contribution is 2.42. The van der Waals surface area contributed by atoms with Gasteiger partial charge >= 0.3 is 0 Å². The van der Waals surface area contributed by atoms with Crippen LogP contribution in [-0.2, 0) is 4.79 Å². The van der Waals surface area contributed by atoms with E-state index in [2.05, 4.69) is 15.0 Å². The van der Waals surface area contributed by atoms with E-state index in [-0.39, 0.29) is 5.91 Å². The van der Waals surface area contributed by atoms with E-state index in [0.717, 1.165) is 11.3 Å². The first kappa shape index (κ1) is 19.9. The normalized spacial score (nSPS) is 14.8. The molecule has 0 fully saturated rings. The Morgan fingerprint density at radius 3 is 2.59 bits per heavy atom. The van der Waals surface area contributed by atoms with Gasteiger partial charge < -0.3 is 9.47 Å². The average molecular weight is 426 g/mol. The number of carbonyl (C=O) groups excluding carboxylic acids is 1. The number of amides is 1. The number of aryl methyl sites for hydroxylation is 2. The standard InChI is InChI=1S/C25H22N4O3/c1-15-12-17(9-11-20(15)31-18-10-8-16(2)26-13-18)29-23-22-19(27-14-28-23)6-5-7-21(22)32-25(3,4)24(29)30/h5-14H,1-4H3. The number of hydrogen-bond acceptors (Lipinski definition) is 6. The van der Waals surface area contributed by atoms with Crippen molar-refractivity contribution in [3.63, 3.8) is 0 Å². The molecule has 0 spiro atoms. The van der Waals surface area contributed by atoms with Gasteiger partial charge in [-0.25, -0.2) is 9.97 Å². The van der Waals surface area contributed by atoms with E-state index in [0.29, 0.717) is 39.7 Å². The summed E-state index contributed by atoms with van der Waals surface area (Å²) in [5.41, 5.74) is 2.09. The Hall–Kier alpha value is -4.00. The van der Waals surface area contributed by atoms with Crippen molar-refractivity contribution in [1.29, 1.82) is 0 Å². The van der Waals surface area contributed by atoms with Gasteiger partial charge in [0, 0.05) is 5.69 Å². The van der Waals surface area contributed by atoms with Gasteiger partial charge in [0.15, 0.2) is 11.4 Å². The lowest BCUT2D eigenvalue weighted by Gasteiger charge is -2.29. The fourth-order valence-corrected chi connectivity index (χ4v) is 3.77. The van der Waals surface area contributed by atoms with Crippen molar-refractivity contribution in [2.24, 2.45) is 0 Å². The molecule has 160 valence electrons. The summed E-state index contributed by atoms with van der Waals surface area (Å²) in [6.45, 7) is 7.38. The highest BCUT2D eigenvalue weighted by molar-refractivity contribution is 6.12. The number of anilines is 2. The molecule has 5 rings (SSSR count). The highest BCUT2D eigenvalue weighted by Gasteiger charge is 2.40. The van der Waals surface area contributed by atoms with Gasteiger partial charge in [-0.15, -0.1) is 0 Å². The number of nitrogens with zero attached hydrogens (tertiary/aromatic N) is 4. The maximum Gasteiger partial charge on any atom is 0.276 e. The summed E-state index contributed by atoms with van der Waals surface area (Å²) in [4.78, 5) is 28.3. The summed E-state index contributed by atoms with van der Waals surface area (Å²) >= 11 is 0. The summed E-state index contributed by atoms with van der Waals surface area (Å²) in [5, 5.41) is 0.706. The fraction of sp³-hybridized carbons (Fsp3) is 0.200. The quantitative estimate of drug-likeness (QED) is 0.444. The molecule has 1 amide bonds. The highest BCUT2D eigenvalue weighted by atomic mass is 16.5. The number of benzene rings is 2. The van der Waals surface area contributed by atoms with Gasteiger partial charge in [-0.05, 0) is 75.7 Å². The Labute approximate surface area is 185 Å². The second-order valence-electron chi connectivity index (χ2n) is 8.29. The molecule has 4 aromatic rings. The van der Waals surface area contributed by atoms with E-state index < -0.39 is 5.60 Å². The molecule has 3 heterocycles. The molecule has 0 unspecified atom stereocenters. The average Bonchev–Trinajstić information content (AvgIpc) is 2.85. The second-order valence-corrected chi connectivity index (χ2v) is 8.29. The molecule has 1 aliphatic rings. The monoisotopic (exact) mass is 426 g/mol. The lowest BCUT2D eigenvalue weighted by molar-refractivity contribution is -0.130. The van der Waals surface area contributed by atoms with Crippen LogP contribution >= 0.6 is 0 Å². The van der Waals surface area contributed by atoms with E-state index >= 15 is 0 Å². The largest absolute Gasteiger partial charge is 0.477 e. The van der Waals surface area contributed by atoms with Crippen LogP contribution in [0.25, 0.3) is 10.9 Å². The summed E-state index contributed by atoms with van der Waals surface area (Å²) in [5.74, 6) is 2.20. The van der Waals surface area contributed by atoms with E-state index in [1.54, 1.807) is 24.9 Å². The zero-order chi connectivity index (χ0) is 22.5. The molecule has 1 aliphatic heterocycles. The van der Waals surface area contributed by atoms with Crippen LogP contribution in [0.4, 0.5) is 11.5 Å². The molecule has 7 heteroatoms. The number of hydrogen-bond donors (Lipinski definition) is 0. The molecule has 2 aromatic carbocycles. The third-order valence-corrected chi connectivity index (χ3v) is 5.43. The third-order valence-electron chi connectivity index (χ3n) is 5.43. The SMILES string of the molecule is Cc1ccc(Oc2ccc(N3C(=O)C(C)(C)Oc4cccc5ncnc3c45)cc2C)cn1. The first-order chi connectivity index (χ1) is 15.3. The molecule has 0 aliphatic carbocycles. The molecule has 2 aromatic heterocycles. The molecular weight excluding hydrogens is 404 g/mol. The lowest BCUT2D eigenvalue weighted by atomic mass is 10.1. The minimum Gasteiger partial charge on any atom is -0.477 e. The van der Waals surface area contributed by atoms with Crippen LogP contribution in [0.1, 0.15) is 25.1 Å². The van der Waals surface area contributed by atoms with Gasteiger partial charge in [0.25, 0.3) is 5.91 Å². The van der Waals surface area contributed by atoms with Crippen LogP contribution in [0, 0.1) is 13.8 Å². The van der Waals surface area contributed by atoms with Crippen LogP contribution in [0.15, 0.2) is 61.1 Å². The predicted molar refractivity (Wildman–Crippen MR) is 122 cm³/mol. The number of carbonyl (C=O) groups is 1. The van der Waals surface area contributed by atoms with Gasteiger partial charge in [-0.3, -0.25) is 14.7 Å². The summed E-state index contributed by atoms with van der Waals surface area (Å²) in [6.07, 6.45) is 3.16. The van der Waals surface area contributed by atoms with E-state index in [4.69, 9.17) is 9.47 Å². The maximum absolute atomic E-state index is 13.6. The second kappa shape index (κ2) is 7.30. The zero-order valence-electron chi connectivity index (χ0n) is 18.3. The van der Waals surface area contributed by atoms with Gasteiger partial charge in [-0.2, -0.15) is 0 Å². The van der Waals surface area contributed by atoms with Gasteiger partial charge in [0.2, 0.25) is 0 Å². The van der Waals surface area contributed by atoms with Gasteiger partial charge in [0.1, 0.15) is 23.6 Å². The van der Waals surface area contributed by atoms with Crippen LogP contribution in [-0.4, -0.2) is 26.5 Å². The van der Waals surface area contributed by atoms with Crippen LogP contribution in [0.5, 0.6) is 17.2 Å². The fourth-order valence-electron chi connectivity index (χ4n) is 3.77. The predicted octanol–water partition coefficient (Wildman–Crippen LogP) is 5.27. The van der Waals surface area contributed by atoms with E-state index in [1.165, 1.54) is 6.33 Å². The Bertz CT molecular complexity index is 1340. The Morgan fingerprint density at radius 2 is 1.84 bits per heavy atom.